The number of ether oxygens (including phenoxy) is 1. The Bertz CT molecular complexity index is 574. The summed E-state index contributed by atoms with van der Waals surface area (Å²) in [6, 6.07) is 14.5. The van der Waals surface area contributed by atoms with Crippen LogP contribution in [0.4, 0.5) is 0 Å². The summed E-state index contributed by atoms with van der Waals surface area (Å²) in [6.07, 6.45) is 0. The van der Waals surface area contributed by atoms with Gasteiger partial charge in [0.05, 0.1) is 13.2 Å². The van der Waals surface area contributed by atoms with Crippen molar-refractivity contribution in [2.24, 2.45) is 0 Å². The monoisotopic (exact) mass is 431 g/mol. The molecule has 0 radical (unpaired) electrons. The Balaban J connectivity index is 2.53. The summed E-state index contributed by atoms with van der Waals surface area (Å²) < 4.78 is 7.77. The molecule has 0 aliphatic rings. The van der Waals surface area contributed by atoms with E-state index in [-0.39, 0.29) is 6.04 Å². The Morgan fingerprint density at radius 2 is 1.89 bits per heavy atom. The van der Waals surface area contributed by atoms with E-state index in [2.05, 4.69) is 68.1 Å². The van der Waals surface area contributed by atoms with Crippen LogP contribution in [0.5, 0.6) is 5.75 Å². The Hall–Kier alpha value is -0.590. The van der Waals surface area contributed by atoms with Crippen LogP contribution in [-0.4, -0.2) is 14.2 Å². The van der Waals surface area contributed by atoms with Gasteiger partial charge in [-0.3, -0.25) is 0 Å². The lowest BCUT2D eigenvalue weighted by Gasteiger charge is -2.21. The van der Waals surface area contributed by atoms with Crippen molar-refractivity contribution in [2.75, 3.05) is 14.2 Å². The van der Waals surface area contributed by atoms with Gasteiger partial charge >= 0.3 is 0 Å². The van der Waals surface area contributed by atoms with Gasteiger partial charge in [0.1, 0.15) is 5.75 Å². The first kappa shape index (κ1) is 14.8. The fourth-order valence-electron chi connectivity index (χ4n) is 2.12. The molecule has 0 bridgehead atoms. The van der Waals surface area contributed by atoms with Crippen molar-refractivity contribution in [3.8, 4) is 5.75 Å². The maximum absolute atomic E-state index is 5.46. The van der Waals surface area contributed by atoms with E-state index < -0.39 is 0 Å². The molecule has 2 rings (SSSR count). The molecule has 2 aromatic carbocycles. The predicted molar refractivity (Wildman–Crippen MR) is 90.8 cm³/mol. The van der Waals surface area contributed by atoms with Gasteiger partial charge in [0, 0.05) is 13.6 Å². The lowest BCUT2D eigenvalue weighted by Crippen LogP contribution is -2.19. The van der Waals surface area contributed by atoms with Gasteiger partial charge in [0.15, 0.2) is 0 Å². The SMILES string of the molecule is CNC(c1cc(I)ccc1Br)c1ccccc1OC. The number of para-hydroxylation sites is 1. The standard InChI is InChI=1S/C15H15BrINO/c1-18-15(11-5-3-4-6-14(11)19-2)12-9-10(17)7-8-13(12)16/h3-9,15,18H,1-2H3. The van der Waals surface area contributed by atoms with Crippen LogP contribution in [-0.2, 0) is 0 Å². The average Bonchev–Trinajstić information content (AvgIpc) is 2.44. The van der Waals surface area contributed by atoms with E-state index >= 15 is 0 Å². The lowest BCUT2D eigenvalue weighted by atomic mass is 9.98. The molecule has 0 spiro atoms. The molecule has 1 unspecified atom stereocenters. The molecule has 4 heteroatoms. The number of rotatable bonds is 4. The highest BCUT2D eigenvalue weighted by Gasteiger charge is 2.18. The second kappa shape index (κ2) is 6.72. The fraction of sp³-hybridized carbons (Fsp3) is 0.200. The Labute approximate surface area is 135 Å². The fourth-order valence-corrected chi connectivity index (χ4v) is 3.11. The third-order valence-electron chi connectivity index (χ3n) is 3.01. The zero-order valence-corrected chi connectivity index (χ0v) is 14.5. The largest absolute Gasteiger partial charge is 0.496 e. The predicted octanol–water partition coefficient (Wildman–Crippen LogP) is 4.37. The van der Waals surface area contributed by atoms with Crippen LogP contribution in [0.1, 0.15) is 17.2 Å². The zero-order chi connectivity index (χ0) is 13.8. The van der Waals surface area contributed by atoms with E-state index in [1.807, 2.05) is 25.2 Å². The highest BCUT2D eigenvalue weighted by Crippen LogP contribution is 2.34. The second-order valence-electron chi connectivity index (χ2n) is 4.13. The Morgan fingerprint density at radius 1 is 1.16 bits per heavy atom. The third kappa shape index (κ3) is 3.30. The van der Waals surface area contributed by atoms with E-state index in [9.17, 15) is 0 Å². The topological polar surface area (TPSA) is 21.3 Å². The zero-order valence-electron chi connectivity index (χ0n) is 10.8. The van der Waals surface area contributed by atoms with Gasteiger partial charge in [0.25, 0.3) is 0 Å². The number of hydrogen-bond acceptors (Lipinski definition) is 2. The molecule has 19 heavy (non-hydrogen) atoms. The van der Waals surface area contributed by atoms with E-state index in [4.69, 9.17) is 4.74 Å². The molecule has 2 nitrogen and oxygen atoms in total. The smallest absolute Gasteiger partial charge is 0.123 e. The van der Waals surface area contributed by atoms with Crippen LogP contribution >= 0.6 is 38.5 Å². The third-order valence-corrected chi connectivity index (χ3v) is 4.40. The van der Waals surface area contributed by atoms with E-state index in [1.54, 1.807) is 7.11 Å². The minimum atomic E-state index is 0.0974. The molecule has 0 aliphatic carbocycles. The number of methoxy groups -OCH3 is 1. The van der Waals surface area contributed by atoms with Gasteiger partial charge in [-0.15, -0.1) is 0 Å². The van der Waals surface area contributed by atoms with Gasteiger partial charge in [-0.25, -0.2) is 0 Å². The van der Waals surface area contributed by atoms with Crippen LogP contribution in [0.15, 0.2) is 46.9 Å². The van der Waals surface area contributed by atoms with Gasteiger partial charge in [-0.1, -0.05) is 34.1 Å². The second-order valence-corrected chi connectivity index (χ2v) is 6.23. The molecule has 0 heterocycles. The summed E-state index contributed by atoms with van der Waals surface area (Å²) in [5.74, 6) is 0.896. The first-order chi connectivity index (χ1) is 9.17. The maximum Gasteiger partial charge on any atom is 0.123 e. The molecule has 0 fully saturated rings. The van der Waals surface area contributed by atoms with Gasteiger partial charge in [-0.2, -0.15) is 0 Å². The molecule has 0 saturated heterocycles. The minimum Gasteiger partial charge on any atom is -0.496 e. The van der Waals surface area contributed by atoms with E-state index in [0.29, 0.717) is 0 Å². The Kier molecular flexibility index (Phi) is 5.24. The van der Waals surface area contributed by atoms with Crippen molar-refractivity contribution in [1.82, 2.24) is 5.32 Å². The molecular formula is C15H15BrINO. The molecule has 100 valence electrons. The highest BCUT2D eigenvalue weighted by molar-refractivity contribution is 14.1. The van der Waals surface area contributed by atoms with Crippen molar-refractivity contribution >= 4 is 38.5 Å². The van der Waals surface area contributed by atoms with Crippen molar-refractivity contribution in [3.63, 3.8) is 0 Å². The quantitative estimate of drug-likeness (QED) is 0.725. The van der Waals surface area contributed by atoms with Crippen LogP contribution in [0, 0.1) is 3.57 Å². The molecular weight excluding hydrogens is 417 g/mol. The van der Waals surface area contributed by atoms with Crippen molar-refractivity contribution < 1.29 is 4.74 Å². The summed E-state index contributed by atoms with van der Waals surface area (Å²) >= 11 is 5.96. The molecule has 1 atom stereocenters. The first-order valence-corrected chi connectivity index (χ1v) is 7.79. The van der Waals surface area contributed by atoms with Crippen LogP contribution in [0.3, 0.4) is 0 Å². The average molecular weight is 432 g/mol. The molecule has 2 aromatic rings. The van der Waals surface area contributed by atoms with Crippen molar-refractivity contribution in [2.45, 2.75) is 6.04 Å². The summed E-state index contributed by atoms with van der Waals surface area (Å²) in [5, 5.41) is 3.36. The molecule has 1 N–H and O–H groups in total. The van der Waals surface area contributed by atoms with Crippen molar-refractivity contribution in [3.05, 3.63) is 61.6 Å². The Morgan fingerprint density at radius 3 is 2.58 bits per heavy atom. The number of benzene rings is 2. The normalized spacial score (nSPS) is 12.2. The van der Waals surface area contributed by atoms with Crippen LogP contribution in [0.2, 0.25) is 0 Å². The van der Waals surface area contributed by atoms with Crippen LogP contribution < -0.4 is 10.1 Å². The number of halogens is 2. The summed E-state index contributed by atoms with van der Waals surface area (Å²) in [4.78, 5) is 0. The number of nitrogens with one attached hydrogen (secondary N) is 1. The van der Waals surface area contributed by atoms with Crippen LogP contribution in [0.25, 0.3) is 0 Å². The van der Waals surface area contributed by atoms with Crippen molar-refractivity contribution in [1.29, 1.82) is 0 Å². The molecule has 0 aliphatic heterocycles. The summed E-state index contributed by atoms with van der Waals surface area (Å²) in [6.45, 7) is 0. The van der Waals surface area contributed by atoms with E-state index in [0.717, 1.165) is 15.8 Å². The molecule has 0 saturated carbocycles. The molecule has 0 aromatic heterocycles. The summed E-state index contributed by atoms with van der Waals surface area (Å²) in [5.41, 5.74) is 2.34. The maximum atomic E-state index is 5.46. The molecule has 0 amide bonds. The van der Waals surface area contributed by atoms with Gasteiger partial charge in [0.2, 0.25) is 0 Å². The minimum absolute atomic E-state index is 0.0974. The van der Waals surface area contributed by atoms with E-state index in [1.165, 1.54) is 9.13 Å². The highest BCUT2D eigenvalue weighted by atomic mass is 127. The number of hydrogen-bond donors (Lipinski definition) is 1. The first-order valence-electron chi connectivity index (χ1n) is 5.92. The lowest BCUT2D eigenvalue weighted by molar-refractivity contribution is 0.405. The van der Waals surface area contributed by atoms with Gasteiger partial charge in [-0.05, 0) is 59.5 Å². The van der Waals surface area contributed by atoms with Gasteiger partial charge < -0.3 is 10.1 Å². The summed E-state index contributed by atoms with van der Waals surface area (Å²) in [7, 11) is 3.67.